The van der Waals surface area contributed by atoms with Crippen molar-refractivity contribution in [2.75, 3.05) is 20.3 Å². The van der Waals surface area contributed by atoms with Crippen molar-refractivity contribution in [3.05, 3.63) is 24.2 Å². The molecule has 0 saturated heterocycles. The predicted octanol–water partition coefficient (Wildman–Crippen LogP) is 1.77. The summed E-state index contributed by atoms with van der Waals surface area (Å²) >= 11 is 0. The first-order valence-electron chi connectivity index (χ1n) is 9.89. The zero-order valence-corrected chi connectivity index (χ0v) is 16.9. The van der Waals surface area contributed by atoms with Crippen LogP contribution in [0.5, 0.6) is 0 Å². The van der Waals surface area contributed by atoms with Gasteiger partial charge in [-0.3, -0.25) is 14.4 Å². The lowest BCUT2D eigenvalue weighted by Crippen LogP contribution is -2.53. The summed E-state index contributed by atoms with van der Waals surface area (Å²) in [6.07, 6.45) is 6.43. The van der Waals surface area contributed by atoms with E-state index in [-0.39, 0.29) is 12.1 Å². The summed E-state index contributed by atoms with van der Waals surface area (Å²) in [7, 11) is 1.54. The molecule has 0 unspecified atom stereocenters. The van der Waals surface area contributed by atoms with Crippen molar-refractivity contribution in [3.63, 3.8) is 0 Å². The molecule has 0 spiro atoms. The fourth-order valence-electron chi connectivity index (χ4n) is 3.47. The van der Waals surface area contributed by atoms with Gasteiger partial charge >= 0.3 is 11.8 Å². The van der Waals surface area contributed by atoms with E-state index in [4.69, 9.17) is 9.15 Å². The summed E-state index contributed by atoms with van der Waals surface area (Å²) in [4.78, 5) is 39.7. The van der Waals surface area contributed by atoms with Gasteiger partial charge in [0.1, 0.15) is 5.76 Å². The lowest BCUT2D eigenvalue weighted by molar-refractivity contribution is -0.152. The monoisotopic (exact) mass is 393 g/mol. The highest BCUT2D eigenvalue weighted by molar-refractivity contribution is 6.35. The molecule has 1 aromatic heterocycles. The van der Waals surface area contributed by atoms with E-state index in [0.717, 1.165) is 32.1 Å². The molecule has 1 aromatic rings. The molecular weight excluding hydrogens is 362 g/mol. The Kier molecular flexibility index (Phi) is 8.50. The topological polar surface area (TPSA) is 101 Å². The van der Waals surface area contributed by atoms with Crippen LogP contribution in [0.4, 0.5) is 0 Å². The Morgan fingerprint density at radius 3 is 2.54 bits per heavy atom. The third-order valence-corrected chi connectivity index (χ3v) is 4.87. The van der Waals surface area contributed by atoms with Crippen LogP contribution in [-0.4, -0.2) is 55.0 Å². The zero-order valence-electron chi connectivity index (χ0n) is 16.9. The maximum Gasteiger partial charge on any atom is 0.313 e. The second-order valence-electron chi connectivity index (χ2n) is 7.32. The largest absolute Gasteiger partial charge is 0.467 e. The van der Waals surface area contributed by atoms with E-state index in [2.05, 4.69) is 10.6 Å². The van der Waals surface area contributed by atoms with Gasteiger partial charge in [-0.05, 0) is 38.8 Å². The lowest BCUT2D eigenvalue weighted by Gasteiger charge is -2.33. The molecular formula is C20H31N3O5. The average Bonchev–Trinajstić information content (AvgIpc) is 3.20. The Labute approximate surface area is 166 Å². The van der Waals surface area contributed by atoms with Gasteiger partial charge in [0.2, 0.25) is 0 Å². The minimum absolute atomic E-state index is 0.0109. The molecule has 28 heavy (non-hydrogen) atoms. The Morgan fingerprint density at radius 2 is 1.96 bits per heavy atom. The van der Waals surface area contributed by atoms with Gasteiger partial charge < -0.3 is 24.7 Å². The average molecular weight is 393 g/mol. The van der Waals surface area contributed by atoms with E-state index in [1.54, 1.807) is 26.0 Å². The van der Waals surface area contributed by atoms with E-state index in [1.807, 2.05) is 0 Å². The molecule has 0 radical (unpaired) electrons. The maximum absolute atomic E-state index is 13.0. The van der Waals surface area contributed by atoms with Crippen molar-refractivity contribution in [3.8, 4) is 0 Å². The number of methoxy groups -OCH3 is 1. The standard InChI is InChI=1S/C20H31N3O5/c1-14(2)23(20(26)19(25)22-15-8-5-4-6-9-15)17(16-10-7-12-28-16)18(24)21-11-13-27-3/h7,10,12,14-15,17H,4-6,8-9,11,13H2,1-3H3,(H,21,24)(H,22,25)/t17-/m0/s1. The second-order valence-corrected chi connectivity index (χ2v) is 7.32. The highest BCUT2D eigenvalue weighted by Gasteiger charge is 2.38. The van der Waals surface area contributed by atoms with E-state index in [1.165, 1.54) is 18.3 Å². The van der Waals surface area contributed by atoms with Crippen molar-refractivity contribution < 1.29 is 23.5 Å². The summed E-state index contributed by atoms with van der Waals surface area (Å²) in [6, 6.07) is 1.87. The molecule has 8 nitrogen and oxygen atoms in total. The van der Waals surface area contributed by atoms with Crippen LogP contribution >= 0.6 is 0 Å². The molecule has 1 aliphatic carbocycles. The first-order valence-corrected chi connectivity index (χ1v) is 9.89. The number of nitrogens with zero attached hydrogens (tertiary/aromatic N) is 1. The number of carbonyl (C=O) groups is 3. The van der Waals surface area contributed by atoms with Crippen LogP contribution in [0.25, 0.3) is 0 Å². The fraction of sp³-hybridized carbons (Fsp3) is 0.650. The van der Waals surface area contributed by atoms with E-state index < -0.39 is 23.8 Å². The summed E-state index contributed by atoms with van der Waals surface area (Å²) < 4.78 is 10.4. The Hall–Kier alpha value is -2.35. The van der Waals surface area contributed by atoms with Gasteiger partial charge in [0.25, 0.3) is 5.91 Å². The SMILES string of the molecule is COCCNC(=O)[C@H](c1ccco1)N(C(=O)C(=O)NC1CCCCC1)C(C)C. The molecule has 0 aromatic carbocycles. The first-order chi connectivity index (χ1) is 13.5. The summed E-state index contributed by atoms with van der Waals surface area (Å²) in [5.41, 5.74) is 0. The molecule has 1 saturated carbocycles. The summed E-state index contributed by atoms with van der Waals surface area (Å²) in [5, 5.41) is 5.57. The van der Waals surface area contributed by atoms with Gasteiger partial charge in [0, 0.05) is 25.7 Å². The number of ether oxygens (including phenoxy) is 1. The number of nitrogens with one attached hydrogen (secondary N) is 2. The van der Waals surface area contributed by atoms with E-state index in [9.17, 15) is 14.4 Å². The van der Waals surface area contributed by atoms with Gasteiger partial charge in [-0.25, -0.2) is 0 Å². The molecule has 8 heteroatoms. The van der Waals surface area contributed by atoms with E-state index >= 15 is 0 Å². The van der Waals surface area contributed by atoms with Crippen LogP contribution in [0, 0.1) is 0 Å². The molecule has 0 bridgehead atoms. The quantitative estimate of drug-likeness (QED) is 0.518. The Bertz CT molecular complexity index is 638. The van der Waals surface area contributed by atoms with Crippen LogP contribution in [0.2, 0.25) is 0 Å². The molecule has 1 fully saturated rings. The number of amides is 3. The van der Waals surface area contributed by atoms with Crippen LogP contribution in [-0.2, 0) is 19.1 Å². The van der Waals surface area contributed by atoms with Crippen LogP contribution in [0.15, 0.2) is 22.8 Å². The Balaban J connectivity index is 2.18. The van der Waals surface area contributed by atoms with Gasteiger partial charge in [0.15, 0.2) is 6.04 Å². The maximum atomic E-state index is 13.0. The molecule has 156 valence electrons. The fourth-order valence-corrected chi connectivity index (χ4v) is 3.47. The van der Waals surface area contributed by atoms with Crippen molar-refractivity contribution in [1.82, 2.24) is 15.5 Å². The molecule has 2 rings (SSSR count). The number of carbonyl (C=O) groups excluding carboxylic acids is 3. The summed E-state index contributed by atoms with van der Waals surface area (Å²) in [5.74, 6) is -1.52. The molecule has 2 N–H and O–H groups in total. The van der Waals surface area contributed by atoms with Crippen LogP contribution in [0.3, 0.4) is 0 Å². The number of hydrogen-bond acceptors (Lipinski definition) is 5. The van der Waals surface area contributed by atoms with Crippen molar-refractivity contribution in [2.24, 2.45) is 0 Å². The van der Waals surface area contributed by atoms with Crippen LogP contribution < -0.4 is 10.6 Å². The van der Waals surface area contributed by atoms with Gasteiger partial charge in [0.05, 0.1) is 12.9 Å². The predicted molar refractivity (Wildman–Crippen MR) is 103 cm³/mol. The summed E-state index contributed by atoms with van der Waals surface area (Å²) in [6.45, 7) is 4.17. The van der Waals surface area contributed by atoms with Crippen molar-refractivity contribution >= 4 is 17.7 Å². The minimum atomic E-state index is -1.03. The third kappa shape index (κ3) is 5.82. The van der Waals surface area contributed by atoms with Crippen molar-refractivity contribution in [1.29, 1.82) is 0 Å². The highest BCUT2D eigenvalue weighted by Crippen LogP contribution is 2.25. The van der Waals surface area contributed by atoms with Crippen LogP contribution in [0.1, 0.15) is 57.8 Å². The third-order valence-electron chi connectivity index (χ3n) is 4.87. The number of furan rings is 1. The lowest BCUT2D eigenvalue weighted by atomic mass is 9.95. The number of rotatable bonds is 8. The molecule has 0 aliphatic heterocycles. The molecule has 1 heterocycles. The van der Waals surface area contributed by atoms with Gasteiger partial charge in [-0.2, -0.15) is 0 Å². The highest BCUT2D eigenvalue weighted by atomic mass is 16.5. The second kappa shape index (κ2) is 10.8. The Morgan fingerprint density at radius 1 is 1.25 bits per heavy atom. The molecule has 1 aliphatic rings. The van der Waals surface area contributed by atoms with E-state index in [0.29, 0.717) is 18.9 Å². The molecule has 1 atom stereocenters. The van der Waals surface area contributed by atoms with Gasteiger partial charge in [-0.15, -0.1) is 0 Å². The normalized spacial score (nSPS) is 15.9. The smallest absolute Gasteiger partial charge is 0.313 e. The van der Waals surface area contributed by atoms with Crippen molar-refractivity contribution in [2.45, 2.75) is 64.1 Å². The first kappa shape index (κ1) is 21.9. The minimum Gasteiger partial charge on any atom is -0.467 e. The molecule has 3 amide bonds. The number of hydrogen-bond donors (Lipinski definition) is 2. The zero-order chi connectivity index (χ0) is 20.5. The van der Waals surface area contributed by atoms with Gasteiger partial charge in [-0.1, -0.05) is 19.3 Å².